The number of thiophene rings is 1. The fraction of sp³-hybridized carbons (Fsp3) is 0.176. The number of benzene rings is 1. The highest BCUT2D eigenvalue weighted by atomic mass is 32.1. The monoisotopic (exact) mass is 367 g/mol. The Kier molecular flexibility index (Phi) is 5.83. The van der Waals surface area contributed by atoms with Gasteiger partial charge in [0.25, 0.3) is 5.91 Å². The molecule has 1 aromatic carbocycles. The Bertz CT molecular complexity index is 847. The van der Waals surface area contributed by atoms with Gasteiger partial charge in [0.15, 0.2) is 0 Å². The van der Waals surface area contributed by atoms with Crippen LogP contribution >= 0.6 is 11.3 Å². The topological polar surface area (TPSA) is 55.4 Å². The van der Waals surface area contributed by atoms with Crippen molar-refractivity contribution >= 4 is 23.2 Å². The Morgan fingerprint density at radius 2 is 1.92 bits per heavy atom. The summed E-state index contributed by atoms with van der Waals surface area (Å²) in [5.74, 6) is 4.18. The van der Waals surface area contributed by atoms with Gasteiger partial charge in [-0.2, -0.15) is 13.2 Å². The first kappa shape index (κ1) is 18.5. The van der Waals surface area contributed by atoms with Crippen LogP contribution in [0.25, 0.3) is 0 Å². The molecule has 0 aliphatic rings. The maximum atomic E-state index is 12.6. The minimum atomic E-state index is -4.43. The highest BCUT2D eigenvalue weighted by Crippen LogP contribution is 2.29. The van der Waals surface area contributed by atoms with Gasteiger partial charge in [-0.3, -0.25) is 4.79 Å². The molecule has 0 bridgehead atoms. The summed E-state index contributed by atoms with van der Waals surface area (Å²) in [7, 11) is 1.24. The molecule has 0 aliphatic carbocycles. The van der Waals surface area contributed by atoms with Crippen molar-refractivity contribution in [2.24, 2.45) is 0 Å². The van der Waals surface area contributed by atoms with E-state index in [9.17, 15) is 22.8 Å². The van der Waals surface area contributed by atoms with Gasteiger partial charge in [-0.25, -0.2) is 4.79 Å². The molecule has 2 rings (SSSR count). The lowest BCUT2D eigenvalue weighted by Gasteiger charge is -2.05. The predicted molar refractivity (Wildman–Crippen MR) is 86.3 cm³/mol. The third-order valence-electron chi connectivity index (χ3n) is 2.98. The van der Waals surface area contributed by atoms with E-state index in [2.05, 4.69) is 21.9 Å². The zero-order chi connectivity index (χ0) is 18.4. The van der Waals surface area contributed by atoms with E-state index in [0.29, 0.717) is 9.75 Å². The van der Waals surface area contributed by atoms with E-state index in [1.165, 1.54) is 31.4 Å². The molecule has 8 heteroatoms. The quantitative estimate of drug-likeness (QED) is 0.669. The Balaban J connectivity index is 1.95. The number of hydrogen-bond donors (Lipinski definition) is 1. The molecule has 1 amide bonds. The van der Waals surface area contributed by atoms with Gasteiger partial charge in [0.05, 0.1) is 24.1 Å². The van der Waals surface area contributed by atoms with Crippen LogP contribution < -0.4 is 5.32 Å². The van der Waals surface area contributed by atoms with Crippen molar-refractivity contribution in [1.82, 2.24) is 5.32 Å². The van der Waals surface area contributed by atoms with E-state index in [1.807, 2.05) is 0 Å². The molecule has 0 saturated carbocycles. The number of carbonyl (C=O) groups is 2. The van der Waals surface area contributed by atoms with Crippen LogP contribution in [0.1, 0.15) is 30.5 Å². The van der Waals surface area contributed by atoms with E-state index < -0.39 is 23.6 Å². The van der Waals surface area contributed by atoms with Gasteiger partial charge in [0.1, 0.15) is 4.88 Å². The van der Waals surface area contributed by atoms with E-state index in [1.54, 1.807) is 0 Å². The van der Waals surface area contributed by atoms with Crippen LogP contribution in [0.2, 0.25) is 0 Å². The number of carbonyl (C=O) groups excluding carboxylic acids is 2. The summed E-state index contributed by atoms with van der Waals surface area (Å²) in [6.45, 7) is -0.0411. The molecule has 0 saturated heterocycles. The van der Waals surface area contributed by atoms with Gasteiger partial charge < -0.3 is 10.1 Å². The smallest absolute Gasteiger partial charge is 0.416 e. The van der Waals surface area contributed by atoms with Gasteiger partial charge in [-0.1, -0.05) is 17.9 Å². The lowest BCUT2D eigenvalue weighted by molar-refractivity contribution is -0.137. The molecule has 0 atom stereocenters. The number of rotatable bonds is 3. The minimum Gasteiger partial charge on any atom is -0.465 e. The van der Waals surface area contributed by atoms with Crippen molar-refractivity contribution in [3.63, 3.8) is 0 Å². The van der Waals surface area contributed by atoms with Crippen LogP contribution in [0, 0.1) is 11.8 Å². The SMILES string of the molecule is COC(=O)c1ccc(C(=O)NCC#Cc2cccc(C(F)(F)F)c2)s1. The van der Waals surface area contributed by atoms with Gasteiger partial charge >= 0.3 is 12.1 Å². The Morgan fingerprint density at radius 1 is 1.20 bits per heavy atom. The highest BCUT2D eigenvalue weighted by Gasteiger charge is 2.30. The Hall–Kier alpha value is -2.79. The highest BCUT2D eigenvalue weighted by molar-refractivity contribution is 7.15. The van der Waals surface area contributed by atoms with Crippen LogP contribution in [-0.4, -0.2) is 25.5 Å². The van der Waals surface area contributed by atoms with E-state index in [4.69, 9.17) is 0 Å². The molecule has 130 valence electrons. The lowest BCUT2D eigenvalue weighted by atomic mass is 10.1. The summed E-state index contributed by atoms with van der Waals surface area (Å²) in [6.07, 6.45) is -4.43. The molecule has 1 aromatic heterocycles. The van der Waals surface area contributed by atoms with Crippen molar-refractivity contribution in [2.75, 3.05) is 13.7 Å². The summed E-state index contributed by atoms with van der Waals surface area (Å²) in [6, 6.07) is 7.57. The van der Waals surface area contributed by atoms with Crippen molar-refractivity contribution < 1.29 is 27.5 Å². The van der Waals surface area contributed by atoms with Crippen molar-refractivity contribution in [3.05, 3.63) is 57.3 Å². The first-order chi connectivity index (χ1) is 11.8. The normalized spacial score (nSPS) is 10.6. The van der Waals surface area contributed by atoms with Crippen LogP contribution in [0.4, 0.5) is 13.2 Å². The Labute approximate surface area is 145 Å². The zero-order valence-electron chi connectivity index (χ0n) is 12.9. The molecule has 1 N–H and O–H groups in total. The average molecular weight is 367 g/mol. The molecular weight excluding hydrogens is 355 g/mol. The fourth-order valence-corrected chi connectivity index (χ4v) is 2.64. The fourth-order valence-electron chi connectivity index (χ4n) is 1.80. The number of ether oxygens (including phenoxy) is 1. The third-order valence-corrected chi connectivity index (χ3v) is 4.04. The third kappa shape index (κ3) is 5.09. The number of methoxy groups -OCH3 is 1. The first-order valence-corrected chi connectivity index (χ1v) is 7.75. The van der Waals surface area contributed by atoms with Crippen molar-refractivity contribution in [2.45, 2.75) is 6.18 Å². The number of alkyl halides is 3. The largest absolute Gasteiger partial charge is 0.465 e. The zero-order valence-corrected chi connectivity index (χ0v) is 13.8. The first-order valence-electron chi connectivity index (χ1n) is 6.93. The number of hydrogen-bond acceptors (Lipinski definition) is 4. The van der Waals surface area contributed by atoms with Crippen molar-refractivity contribution in [1.29, 1.82) is 0 Å². The molecule has 4 nitrogen and oxygen atoms in total. The van der Waals surface area contributed by atoms with Gasteiger partial charge in [-0.15, -0.1) is 11.3 Å². The van der Waals surface area contributed by atoms with Gasteiger partial charge in [0, 0.05) is 5.56 Å². The average Bonchev–Trinajstić information content (AvgIpc) is 3.07. The molecule has 0 radical (unpaired) electrons. The predicted octanol–water partition coefficient (Wildman–Crippen LogP) is 3.34. The molecule has 0 unspecified atom stereocenters. The maximum Gasteiger partial charge on any atom is 0.416 e. The van der Waals surface area contributed by atoms with Gasteiger partial charge in [-0.05, 0) is 30.3 Å². The number of esters is 1. The van der Waals surface area contributed by atoms with Crippen LogP contribution in [-0.2, 0) is 10.9 Å². The van der Waals surface area contributed by atoms with Crippen LogP contribution in [0.15, 0.2) is 36.4 Å². The summed E-state index contributed by atoms with van der Waals surface area (Å²) in [5, 5.41) is 2.51. The maximum absolute atomic E-state index is 12.6. The van der Waals surface area contributed by atoms with E-state index in [-0.39, 0.29) is 12.1 Å². The molecule has 2 aromatic rings. The Morgan fingerprint density at radius 3 is 2.60 bits per heavy atom. The number of amides is 1. The summed E-state index contributed by atoms with van der Waals surface area (Å²) >= 11 is 0.973. The second-order valence-electron chi connectivity index (χ2n) is 4.72. The standard InChI is InChI=1S/C17H12F3NO3S/c1-24-16(23)14-8-7-13(25-14)15(22)21-9-3-5-11-4-2-6-12(10-11)17(18,19)20/h2,4,6-8,10H,9H2,1H3,(H,21,22). The molecule has 0 spiro atoms. The summed E-state index contributed by atoms with van der Waals surface area (Å²) < 4.78 is 42.3. The molecule has 25 heavy (non-hydrogen) atoms. The number of halogens is 3. The number of nitrogens with one attached hydrogen (secondary N) is 1. The second kappa shape index (κ2) is 7.85. The summed E-state index contributed by atoms with van der Waals surface area (Å²) in [4.78, 5) is 23.8. The lowest BCUT2D eigenvalue weighted by Crippen LogP contribution is -2.22. The van der Waals surface area contributed by atoms with E-state index in [0.717, 1.165) is 23.5 Å². The van der Waals surface area contributed by atoms with Crippen LogP contribution in [0.5, 0.6) is 0 Å². The van der Waals surface area contributed by atoms with E-state index >= 15 is 0 Å². The molecule has 0 aliphatic heterocycles. The van der Waals surface area contributed by atoms with Crippen LogP contribution in [0.3, 0.4) is 0 Å². The summed E-state index contributed by atoms with van der Waals surface area (Å²) in [5.41, 5.74) is -0.578. The molecule has 1 heterocycles. The van der Waals surface area contributed by atoms with Crippen molar-refractivity contribution in [3.8, 4) is 11.8 Å². The minimum absolute atomic E-state index is 0.0411. The molecule has 0 fully saturated rings. The second-order valence-corrected chi connectivity index (χ2v) is 5.80. The molecular formula is C17H12F3NO3S. The van der Waals surface area contributed by atoms with Gasteiger partial charge in [0.2, 0.25) is 0 Å².